The van der Waals surface area contributed by atoms with Gasteiger partial charge in [-0.05, 0) is 53.9 Å². The van der Waals surface area contributed by atoms with Gasteiger partial charge in [0.05, 0.1) is 0 Å². The highest BCUT2D eigenvalue weighted by molar-refractivity contribution is 5.68. The zero-order valence-electron chi connectivity index (χ0n) is 16.0. The molecule has 1 aliphatic rings. The van der Waals surface area contributed by atoms with Gasteiger partial charge in [-0.2, -0.15) is 8.78 Å². The van der Waals surface area contributed by atoms with Crippen LogP contribution in [0.1, 0.15) is 49.7 Å². The number of alkyl halides is 4. The van der Waals surface area contributed by atoms with Crippen LogP contribution < -0.4 is 0 Å². The quantitative estimate of drug-likeness (QED) is 0.466. The number of aryl methyl sites for hydroxylation is 1. The third-order valence-electron chi connectivity index (χ3n) is 5.48. The van der Waals surface area contributed by atoms with Gasteiger partial charge in [0.25, 0.3) is 0 Å². The number of benzene rings is 2. The molecule has 0 amide bonds. The van der Waals surface area contributed by atoms with E-state index in [1.54, 1.807) is 0 Å². The molecular formula is C23H26F4O. The Balaban J connectivity index is 1.81. The lowest BCUT2D eigenvalue weighted by molar-refractivity contribution is -0.203. The molecule has 0 aliphatic heterocycles. The predicted molar refractivity (Wildman–Crippen MR) is 103 cm³/mol. The van der Waals surface area contributed by atoms with E-state index in [0.717, 1.165) is 36.0 Å². The van der Waals surface area contributed by atoms with Gasteiger partial charge in [0, 0.05) is 0 Å². The minimum atomic E-state index is -3.17. The van der Waals surface area contributed by atoms with E-state index in [4.69, 9.17) is 0 Å². The zero-order valence-corrected chi connectivity index (χ0v) is 16.0. The third-order valence-corrected chi connectivity index (χ3v) is 5.48. The summed E-state index contributed by atoms with van der Waals surface area (Å²) in [6.07, 6.45) is -1.96. The Labute approximate surface area is 163 Å². The summed E-state index contributed by atoms with van der Waals surface area (Å²) in [5, 5.41) is 0. The minimum absolute atomic E-state index is 0.0244. The van der Waals surface area contributed by atoms with Crippen molar-refractivity contribution in [2.45, 2.75) is 70.0 Å². The van der Waals surface area contributed by atoms with Gasteiger partial charge in [0.15, 0.2) is 0 Å². The molecule has 0 spiro atoms. The Morgan fingerprint density at radius 2 is 1.61 bits per heavy atom. The number of hydrogen-bond acceptors (Lipinski definition) is 1. The number of ether oxygens (including phenoxy) is 1. The normalized spacial score (nSPS) is 25.2. The molecule has 28 heavy (non-hydrogen) atoms. The van der Waals surface area contributed by atoms with Gasteiger partial charge in [-0.15, -0.1) is 0 Å². The maximum absolute atomic E-state index is 14.4. The molecule has 152 valence electrons. The van der Waals surface area contributed by atoms with Crippen LogP contribution in [0.15, 0.2) is 48.5 Å². The molecule has 1 nitrogen and oxygen atoms in total. The lowest BCUT2D eigenvalue weighted by Crippen LogP contribution is -2.42. The fraction of sp³-hybridized carbons (Fsp3) is 0.478. The van der Waals surface area contributed by atoms with E-state index in [2.05, 4.69) is 23.8 Å². The van der Waals surface area contributed by atoms with Crippen molar-refractivity contribution in [1.82, 2.24) is 0 Å². The molecule has 0 bridgehead atoms. The Kier molecular flexibility index (Phi) is 7.11. The summed E-state index contributed by atoms with van der Waals surface area (Å²) < 4.78 is 57.8. The highest BCUT2D eigenvalue weighted by Gasteiger charge is 2.41. The standard InChI is InChI=1S/C23H26F4O/c1-2-3-6-15-9-11-16(12-10-15)18-7-4-5-8-19(18)17-13-20(24)22(21(25)14-17)28-23(26)27/h4-5,7-12,17,20-23H,2-3,6,13-14H2,1H3. The van der Waals surface area contributed by atoms with Crippen molar-refractivity contribution in [3.8, 4) is 11.1 Å². The van der Waals surface area contributed by atoms with Crippen LogP contribution in [0.3, 0.4) is 0 Å². The first-order valence-electron chi connectivity index (χ1n) is 9.89. The molecule has 0 heterocycles. The maximum Gasteiger partial charge on any atom is 0.345 e. The highest BCUT2D eigenvalue weighted by atomic mass is 19.3. The molecule has 2 atom stereocenters. The largest absolute Gasteiger partial charge is 0.345 e. The molecule has 0 saturated heterocycles. The van der Waals surface area contributed by atoms with Crippen LogP contribution in [0.5, 0.6) is 0 Å². The van der Waals surface area contributed by atoms with Crippen LogP contribution >= 0.6 is 0 Å². The zero-order chi connectivity index (χ0) is 20.1. The van der Waals surface area contributed by atoms with Gasteiger partial charge in [0.2, 0.25) is 0 Å². The Morgan fingerprint density at radius 3 is 2.21 bits per heavy atom. The van der Waals surface area contributed by atoms with Crippen LogP contribution in [0.4, 0.5) is 17.6 Å². The van der Waals surface area contributed by atoms with Crippen molar-refractivity contribution in [3.63, 3.8) is 0 Å². The Bertz CT molecular complexity index is 735. The molecule has 0 N–H and O–H groups in total. The predicted octanol–water partition coefficient (Wildman–Crippen LogP) is 6.86. The van der Waals surface area contributed by atoms with Crippen LogP contribution in [-0.4, -0.2) is 25.1 Å². The second kappa shape index (κ2) is 9.55. The van der Waals surface area contributed by atoms with E-state index in [1.807, 2.05) is 36.4 Å². The monoisotopic (exact) mass is 394 g/mol. The first-order chi connectivity index (χ1) is 13.5. The first kappa shape index (κ1) is 20.8. The maximum atomic E-state index is 14.4. The second-order valence-corrected chi connectivity index (χ2v) is 7.45. The lowest BCUT2D eigenvalue weighted by Gasteiger charge is -2.35. The average molecular weight is 394 g/mol. The lowest BCUT2D eigenvalue weighted by atomic mass is 9.78. The van der Waals surface area contributed by atoms with Gasteiger partial charge >= 0.3 is 6.61 Å². The fourth-order valence-corrected chi connectivity index (χ4v) is 4.03. The van der Waals surface area contributed by atoms with Crippen molar-refractivity contribution in [2.24, 2.45) is 0 Å². The topological polar surface area (TPSA) is 9.23 Å². The minimum Gasteiger partial charge on any atom is -0.313 e. The fourth-order valence-electron chi connectivity index (χ4n) is 4.03. The molecule has 2 aromatic carbocycles. The summed E-state index contributed by atoms with van der Waals surface area (Å²) in [7, 11) is 0. The van der Waals surface area contributed by atoms with Crippen LogP contribution in [0.2, 0.25) is 0 Å². The summed E-state index contributed by atoms with van der Waals surface area (Å²) in [4.78, 5) is 0. The van der Waals surface area contributed by atoms with E-state index in [0.29, 0.717) is 0 Å². The highest BCUT2D eigenvalue weighted by Crippen LogP contribution is 2.41. The van der Waals surface area contributed by atoms with Crippen molar-refractivity contribution in [3.05, 3.63) is 59.7 Å². The van der Waals surface area contributed by atoms with Crippen molar-refractivity contribution < 1.29 is 22.3 Å². The van der Waals surface area contributed by atoms with Crippen molar-refractivity contribution in [1.29, 1.82) is 0 Å². The summed E-state index contributed by atoms with van der Waals surface area (Å²) in [5.74, 6) is -0.376. The SMILES string of the molecule is CCCCc1ccc(-c2ccccc2C2CC(F)C(OC(F)F)C(F)C2)cc1. The second-order valence-electron chi connectivity index (χ2n) is 7.45. The number of hydrogen-bond donors (Lipinski definition) is 0. The Hall–Kier alpha value is -1.88. The van der Waals surface area contributed by atoms with Gasteiger partial charge in [-0.1, -0.05) is 61.9 Å². The summed E-state index contributed by atoms with van der Waals surface area (Å²) >= 11 is 0. The third kappa shape index (κ3) is 4.93. The average Bonchev–Trinajstić information content (AvgIpc) is 2.69. The van der Waals surface area contributed by atoms with Gasteiger partial charge in [-0.3, -0.25) is 0 Å². The molecule has 5 heteroatoms. The van der Waals surface area contributed by atoms with Crippen LogP contribution in [0.25, 0.3) is 11.1 Å². The van der Waals surface area contributed by atoms with E-state index in [9.17, 15) is 17.6 Å². The molecule has 3 rings (SSSR count). The summed E-state index contributed by atoms with van der Waals surface area (Å²) in [6.45, 7) is -1.02. The Morgan fingerprint density at radius 1 is 0.964 bits per heavy atom. The molecule has 0 radical (unpaired) electrons. The molecule has 2 aromatic rings. The molecular weight excluding hydrogens is 368 g/mol. The number of rotatable bonds is 7. The van der Waals surface area contributed by atoms with E-state index < -0.39 is 25.1 Å². The summed E-state index contributed by atoms with van der Waals surface area (Å²) in [6, 6.07) is 15.8. The van der Waals surface area contributed by atoms with Crippen LogP contribution in [-0.2, 0) is 11.2 Å². The van der Waals surface area contributed by atoms with Gasteiger partial charge in [-0.25, -0.2) is 8.78 Å². The number of halogens is 4. The molecule has 1 saturated carbocycles. The molecule has 0 aromatic heterocycles. The summed E-state index contributed by atoms with van der Waals surface area (Å²) in [5.41, 5.74) is 4.04. The van der Waals surface area contributed by atoms with Gasteiger partial charge < -0.3 is 4.74 Å². The number of unbranched alkanes of at least 4 members (excludes halogenated alkanes) is 1. The van der Waals surface area contributed by atoms with E-state index in [-0.39, 0.29) is 18.8 Å². The van der Waals surface area contributed by atoms with Crippen molar-refractivity contribution in [2.75, 3.05) is 0 Å². The molecule has 1 aliphatic carbocycles. The first-order valence-corrected chi connectivity index (χ1v) is 9.89. The van der Waals surface area contributed by atoms with Crippen molar-refractivity contribution >= 4 is 0 Å². The smallest absolute Gasteiger partial charge is 0.313 e. The van der Waals surface area contributed by atoms with E-state index >= 15 is 0 Å². The molecule has 1 fully saturated rings. The van der Waals surface area contributed by atoms with E-state index in [1.165, 1.54) is 5.56 Å². The van der Waals surface area contributed by atoms with Crippen LogP contribution in [0, 0.1) is 0 Å². The molecule has 2 unspecified atom stereocenters. The van der Waals surface area contributed by atoms with Gasteiger partial charge in [0.1, 0.15) is 18.4 Å².